The first-order chi connectivity index (χ1) is 8.29. The van der Waals surface area contributed by atoms with Crippen LogP contribution in [0.1, 0.15) is 0 Å². The summed E-state index contributed by atoms with van der Waals surface area (Å²) in [7, 11) is 0. The Kier molecular flexibility index (Phi) is 2.01. The van der Waals surface area contributed by atoms with E-state index in [0.717, 1.165) is 16.8 Å². The van der Waals surface area contributed by atoms with Crippen LogP contribution in [0.5, 0.6) is 0 Å². The number of fused-ring (bicyclic) bond motifs is 1. The van der Waals surface area contributed by atoms with Gasteiger partial charge >= 0.3 is 5.69 Å². The van der Waals surface area contributed by atoms with Crippen LogP contribution in [0.4, 0.5) is 0 Å². The molecule has 0 aliphatic rings. The van der Waals surface area contributed by atoms with Crippen molar-refractivity contribution >= 4 is 5.52 Å². The molecule has 17 heavy (non-hydrogen) atoms. The lowest BCUT2D eigenvalue weighted by molar-refractivity contribution is 0.906. The molecule has 84 valence electrons. The number of rotatable bonds is 1. The van der Waals surface area contributed by atoms with Gasteiger partial charge in [-0.1, -0.05) is 36.4 Å². The largest absolute Gasteiger partial charge is 0.351 e. The molecule has 0 fully saturated rings. The van der Waals surface area contributed by atoms with Crippen LogP contribution in [0.3, 0.4) is 0 Å². The van der Waals surface area contributed by atoms with E-state index in [1.54, 1.807) is 10.6 Å². The second-order valence-electron chi connectivity index (χ2n) is 3.82. The fourth-order valence-corrected chi connectivity index (χ4v) is 2.02. The van der Waals surface area contributed by atoms with Crippen LogP contribution in [0.2, 0.25) is 0 Å². The Bertz CT molecular complexity index is 725. The molecule has 2 N–H and O–H groups in total. The second kappa shape index (κ2) is 3.52. The number of aromatic nitrogens is 2. The maximum absolute atomic E-state index is 11.9. The van der Waals surface area contributed by atoms with Gasteiger partial charge in [-0.2, -0.15) is 0 Å². The van der Waals surface area contributed by atoms with Gasteiger partial charge in [-0.05, 0) is 12.1 Å². The molecule has 0 aliphatic carbocycles. The highest BCUT2D eigenvalue weighted by atomic mass is 16.2. The van der Waals surface area contributed by atoms with Gasteiger partial charge in [-0.25, -0.2) is 9.47 Å². The van der Waals surface area contributed by atoms with E-state index in [1.807, 2.05) is 48.5 Å². The first-order valence-corrected chi connectivity index (χ1v) is 5.31. The van der Waals surface area contributed by atoms with E-state index in [1.165, 1.54) is 4.68 Å². The van der Waals surface area contributed by atoms with Gasteiger partial charge in [0.2, 0.25) is 0 Å². The van der Waals surface area contributed by atoms with Crippen molar-refractivity contribution in [3.63, 3.8) is 0 Å². The minimum absolute atomic E-state index is 0.237. The molecule has 3 aromatic rings. The molecule has 0 unspecified atom stereocenters. The standard InChI is InChI=1S/C13H11N3O/c14-16-12(10-6-2-1-3-7-10)11-8-4-5-9-15(11)13(16)17/h1-9H,14H2. The minimum Gasteiger partial charge on any atom is -0.335 e. The summed E-state index contributed by atoms with van der Waals surface area (Å²) < 4.78 is 2.73. The van der Waals surface area contributed by atoms with Crippen molar-refractivity contribution in [1.29, 1.82) is 0 Å². The van der Waals surface area contributed by atoms with Crippen molar-refractivity contribution in [3.05, 3.63) is 65.2 Å². The smallest absolute Gasteiger partial charge is 0.335 e. The Morgan fingerprint density at radius 1 is 0.941 bits per heavy atom. The molecular formula is C13H11N3O. The Morgan fingerprint density at radius 2 is 1.65 bits per heavy atom. The molecule has 0 bridgehead atoms. The molecule has 0 spiro atoms. The van der Waals surface area contributed by atoms with Gasteiger partial charge in [0.1, 0.15) is 0 Å². The lowest BCUT2D eigenvalue weighted by atomic mass is 10.1. The quantitative estimate of drug-likeness (QED) is 0.638. The van der Waals surface area contributed by atoms with E-state index in [2.05, 4.69) is 0 Å². The average molecular weight is 225 g/mol. The summed E-state index contributed by atoms with van der Waals surface area (Å²) in [4.78, 5) is 11.9. The van der Waals surface area contributed by atoms with E-state index in [4.69, 9.17) is 5.84 Å². The topological polar surface area (TPSA) is 52.4 Å². The summed E-state index contributed by atoms with van der Waals surface area (Å²) >= 11 is 0. The van der Waals surface area contributed by atoms with Crippen LogP contribution in [0.15, 0.2) is 59.5 Å². The molecule has 2 heterocycles. The maximum Gasteiger partial charge on any atom is 0.351 e. The Balaban J connectivity index is 2.45. The van der Waals surface area contributed by atoms with Crippen LogP contribution in [-0.4, -0.2) is 9.08 Å². The SMILES string of the molecule is Nn1c(-c2ccccc2)c2ccccn2c1=O. The first kappa shape index (κ1) is 9.72. The number of benzene rings is 1. The van der Waals surface area contributed by atoms with Crippen molar-refractivity contribution in [3.8, 4) is 11.3 Å². The van der Waals surface area contributed by atoms with Crippen molar-refractivity contribution in [2.24, 2.45) is 0 Å². The molecule has 1 aromatic carbocycles. The van der Waals surface area contributed by atoms with Crippen molar-refractivity contribution in [1.82, 2.24) is 9.08 Å². The molecule has 0 amide bonds. The van der Waals surface area contributed by atoms with Gasteiger partial charge in [-0.15, -0.1) is 0 Å². The lowest BCUT2D eigenvalue weighted by Crippen LogP contribution is -2.27. The monoisotopic (exact) mass is 225 g/mol. The van der Waals surface area contributed by atoms with Crippen molar-refractivity contribution in [2.45, 2.75) is 0 Å². The van der Waals surface area contributed by atoms with Gasteiger partial charge in [0.15, 0.2) is 0 Å². The highest BCUT2D eigenvalue weighted by molar-refractivity contribution is 5.77. The fourth-order valence-electron chi connectivity index (χ4n) is 2.02. The average Bonchev–Trinajstić information content (AvgIpc) is 2.64. The first-order valence-electron chi connectivity index (χ1n) is 5.31. The normalized spacial score (nSPS) is 10.8. The van der Waals surface area contributed by atoms with Crippen LogP contribution < -0.4 is 11.5 Å². The molecule has 0 saturated carbocycles. The lowest BCUT2D eigenvalue weighted by Gasteiger charge is -2.01. The molecule has 0 radical (unpaired) electrons. The van der Waals surface area contributed by atoms with Crippen LogP contribution in [0.25, 0.3) is 16.8 Å². The van der Waals surface area contributed by atoms with Gasteiger partial charge < -0.3 is 5.84 Å². The zero-order valence-corrected chi connectivity index (χ0v) is 9.08. The van der Waals surface area contributed by atoms with Crippen LogP contribution in [0, 0.1) is 0 Å². The predicted molar refractivity (Wildman–Crippen MR) is 67.2 cm³/mol. The summed E-state index contributed by atoms with van der Waals surface area (Å²) in [5.74, 6) is 5.83. The molecule has 0 atom stereocenters. The Labute approximate surface area is 97.5 Å². The van der Waals surface area contributed by atoms with Gasteiger partial charge in [0.05, 0.1) is 11.2 Å². The zero-order chi connectivity index (χ0) is 11.8. The predicted octanol–water partition coefficient (Wildman–Crippen LogP) is 1.48. The van der Waals surface area contributed by atoms with E-state index in [0.29, 0.717) is 0 Å². The van der Waals surface area contributed by atoms with Gasteiger partial charge in [0, 0.05) is 11.8 Å². The number of hydrogen-bond donors (Lipinski definition) is 1. The van der Waals surface area contributed by atoms with E-state index in [9.17, 15) is 4.79 Å². The van der Waals surface area contributed by atoms with Crippen LogP contribution in [-0.2, 0) is 0 Å². The number of hydrogen-bond acceptors (Lipinski definition) is 2. The molecule has 4 nitrogen and oxygen atoms in total. The summed E-state index contributed by atoms with van der Waals surface area (Å²) in [5, 5.41) is 0. The van der Waals surface area contributed by atoms with Crippen molar-refractivity contribution in [2.75, 3.05) is 5.84 Å². The summed E-state index contributed by atoms with van der Waals surface area (Å²) in [6.45, 7) is 0. The zero-order valence-electron chi connectivity index (χ0n) is 9.08. The van der Waals surface area contributed by atoms with Crippen molar-refractivity contribution < 1.29 is 0 Å². The number of nitrogens with two attached hydrogens (primary N) is 1. The highest BCUT2D eigenvalue weighted by Gasteiger charge is 2.12. The molecule has 3 rings (SSSR count). The van der Waals surface area contributed by atoms with E-state index < -0.39 is 0 Å². The number of nitrogen functional groups attached to an aromatic ring is 1. The van der Waals surface area contributed by atoms with E-state index >= 15 is 0 Å². The number of pyridine rings is 1. The van der Waals surface area contributed by atoms with E-state index in [-0.39, 0.29) is 5.69 Å². The third kappa shape index (κ3) is 1.34. The van der Waals surface area contributed by atoms with Gasteiger partial charge in [-0.3, -0.25) is 4.40 Å². The number of imidazole rings is 1. The second-order valence-corrected chi connectivity index (χ2v) is 3.82. The fraction of sp³-hybridized carbons (Fsp3) is 0. The minimum atomic E-state index is -0.237. The molecule has 4 heteroatoms. The molecule has 2 aromatic heterocycles. The summed E-state index contributed by atoms with van der Waals surface area (Å²) in [5.41, 5.74) is 2.24. The Morgan fingerprint density at radius 3 is 2.41 bits per heavy atom. The Hall–Kier alpha value is -2.49. The molecular weight excluding hydrogens is 214 g/mol. The summed E-state index contributed by atoms with van der Waals surface area (Å²) in [6.07, 6.45) is 1.72. The third-order valence-electron chi connectivity index (χ3n) is 2.80. The molecule has 0 aliphatic heterocycles. The van der Waals surface area contributed by atoms with Crippen LogP contribution >= 0.6 is 0 Å². The van der Waals surface area contributed by atoms with Gasteiger partial charge in [0.25, 0.3) is 0 Å². The molecule has 0 saturated heterocycles. The highest BCUT2D eigenvalue weighted by Crippen LogP contribution is 2.21. The summed E-state index contributed by atoms with van der Waals surface area (Å²) in [6, 6.07) is 15.2. The maximum atomic E-state index is 11.9. The number of nitrogens with zero attached hydrogens (tertiary/aromatic N) is 2. The third-order valence-corrected chi connectivity index (χ3v) is 2.80.